The van der Waals surface area contributed by atoms with Gasteiger partial charge in [0.2, 0.25) is 11.8 Å². The van der Waals surface area contributed by atoms with Gasteiger partial charge in [0.05, 0.1) is 6.10 Å². The van der Waals surface area contributed by atoms with Crippen molar-refractivity contribution in [1.82, 2.24) is 10.6 Å². The van der Waals surface area contributed by atoms with Crippen LogP contribution < -0.4 is 16.4 Å². The summed E-state index contributed by atoms with van der Waals surface area (Å²) >= 11 is 0. The van der Waals surface area contributed by atoms with E-state index in [1.165, 1.54) is 6.42 Å². The fourth-order valence-electron chi connectivity index (χ4n) is 2.51. The van der Waals surface area contributed by atoms with E-state index >= 15 is 0 Å². The second kappa shape index (κ2) is 7.59. The third-order valence-corrected chi connectivity index (χ3v) is 4.09. The molecule has 4 N–H and O–H groups in total. The highest BCUT2D eigenvalue weighted by Gasteiger charge is 2.29. The number of carbonyl (C=O) groups excluding carboxylic acids is 2. The SMILES string of the molecule is NC[C@H]1CC[C@@H](C(=O)NCCCNC(=O)C2CCC2)O1. The summed E-state index contributed by atoms with van der Waals surface area (Å²) in [6.07, 6.45) is 5.21. The van der Waals surface area contributed by atoms with Crippen LogP contribution in [0.4, 0.5) is 0 Å². The van der Waals surface area contributed by atoms with Gasteiger partial charge in [0.15, 0.2) is 0 Å². The second-order valence-electron chi connectivity index (χ2n) is 5.62. The minimum absolute atomic E-state index is 0.0208. The van der Waals surface area contributed by atoms with Crippen LogP contribution in [0.25, 0.3) is 0 Å². The van der Waals surface area contributed by atoms with Crippen molar-refractivity contribution in [3.05, 3.63) is 0 Å². The van der Waals surface area contributed by atoms with Crippen LogP contribution in [-0.2, 0) is 14.3 Å². The first-order chi connectivity index (χ1) is 9.70. The number of rotatable bonds is 7. The van der Waals surface area contributed by atoms with Crippen LogP contribution in [0.5, 0.6) is 0 Å². The molecule has 114 valence electrons. The third kappa shape index (κ3) is 4.18. The van der Waals surface area contributed by atoms with E-state index < -0.39 is 0 Å². The van der Waals surface area contributed by atoms with Crippen molar-refractivity contribution in [1.29, 1.82) is 0 Å². The maximum atomic E-state index is 11.8. The molecule has 1 saturated carbocycles. The van der Waals surface area contributed by atoms with Crippen molar-refractivity contribution >= 4 is 11.8 Å². The van der Waals surface area contributed by atoms with Gasteiger partial charge in [-0.1, -0.05) is 6.42 Å². The molecule has 2 amide bonds. The first-order valence-corrected chi connectivity index (χ1v) is 7.61. The number of hydrogen-bond acceptors (Lipinski definition) is 4. The monoisotopic (exact) mass is 283 g/mol. The molecule has 0 spiro atoms. The van der Waals surface area contributed by atoms with Gasteiger partial charge in [-0.05, 0) is 32.1 Å². The molecule has 6 heteroatoms. The van der Waals surface area contributed by atoms with Gasteiger partial charge in [0.25, 0.3) is 0 Å². The molecular weight excluding hydrogens is 258 g/mol. The molecule has 20 heavy (non-hydrogen) atoms. The normalized spacial score (nSPS) is 26.1. The van der Waals surface area contributed by atoms with Crippen LogP contribution in [0.15, 0.2) is 0 Å². The Morgan fingerprint density at radius 2 is 1.75 bits per heavy atom. The fourth-order valence-corrected chi connectivity index (χ4v) is 2.51. The Balaban J connectivity index is 1.50. The molecule has 1 aliphatic heterocycles. The number of nitrogens with one attached hydrogen (secondary N) is 2. The van der Waals surface area contributed by atoms with E-state index in [0.29, 0.717) is 19.6 Å². The molecular formula is C14H25N3O3. The number of amides is 2. The average molecular weight is 283 g/mol. The van der Waals surface area contributed by atoms with Crippen LogP contribution in [0.2, 0.25) is 0 Å². The number of ether oxygens (including phenoxy) is 1. The summed E-state index contributed by atoms with van der Waals surface area (Å²) in [5, 5.41) is 5.75. The lowest BCUT2D eigenvalue weighted by atomic mass is 9.85. The fraction of sp³-hybridized carbons (Fsp3) is 0.857. The summed E-state index contributed by atoms with van der Waals surface area (Å²) in [7, 11) is 0. The highest BCUT2D eigenvalue weighted by molar-refractivity contribution is 5.81. The Hall–Kier alpha value is -1.14. The topological polar surface area (TPSA) is 93.5 Å². The van der Waals surface area contributed by atoms with Crippen LogP contribution in [0.3, 0.4) is 0 Å². The van der Waals surface area contributed by atoms with Crippen LogP contribution in [0.1, 0.15) is 38.5 Å². The van der Waals surface area contributed by atoms with Gasteiger partial charge in [-0.3, -0.25) is 9.59 Å². The molecule has 1 aliphatic carbocycles. The van der Waals surface area contributed by atoms with Gasteiger partial charge in [-0.15, -0.1) is 0 Å². The molecule has 0 unspecified atom stereocenters. The summed E-state index contributed by atoms with van der Waals surface area (Å²) in [5.74, 6) is 0.323. The summed E-state index contributed by atoms with van der Waals surface area (Å²) in [6, 6.07) is 0. The zero-order valence-corrected chi connectivity index (χ0v) is 11.9. The number of carbonyl (C=O) groups is 2. The van der Waals surface area contributed by atoms with Crippen molar-refractivity contribution in [2.75, 3.05) is 19.6 Å². The Kier molecular flexibility index (Phi) is 5.79. The second-order valence-corrected chi connectivity index (χ2v) is 5.62. The standard InChI is InChI=1S/C14H25N3O3/c15-9-11-5-6-12(20-11)14(19)17-8-2-7-16-13(18)10-3-1-4-10/h10-12H,1-9,15H2,(H,16,18)(H,17,19)/t11-,12+/m1/s1. The van der Waals surface area contributed by atoms with E-state index in [-0.39, 0.29) is 29.9 Å². The Morgan fingerprint density at radius 1 is 1.05 bits per heavy atom. The highest BCUT2D eigenvalue weighted by Crippen LogP contribution is 2.26. The summed E-state index contributed by atoms with van der Waals surface area (Å²) in [6.45, 7) is 1.65. The smallest absolute Gasteiger partial charge is 0.249 e. The maximum absolute atomic E-state index is 11.8. The molecule has 2 fully saturated rings. The van der Waals surface area contributed by atoms with Gasteiger partial charge in [0.1, 0.15) is 6.10 Å². The van der Waals surface area contributed by atoms with Crippen LogP contribution in [0, 0.1) is 5.92 Å². The number of hydrogen-bond donors (Lipinski definition) is 3. The van der Waals surface area contributed by atoms with E-state index in [1.54, 1.807) is 0 Å². The molecule has 2 rings (SSSR count). The first kappa shape index (κ1) is 15.3. The quantitative estimate of drug-likeness (QED) is 0.569. The van der Waals surface area contributed by atoms with Gasteiger partial charge in [-0.25, -0.2) is 0 Å². The predicted octanol–water partition coefficient (Wildman–Crippen LogP) is -0.0847. The zero-order valence-electron chi connectivity index (χ0n) is 11.9. The van der Waals surface area contributed by atoms with Gasteiger partial charge < -0.3 is 21.1 Å². The van der Waals surface area contributed by atoms with Crippen LogP contribution in [-0.4, -0.2) is 43.7 Å². The maximum Gasteiger partial charge on any atom is 0.249 e. The largest absolute Gasteiger partial charge is 0.364 e. The van der Waals surface area contributed by atoms with Crippen molar-refractivity contribution in [3.63, 3.8) is 0 Å². The van der Waals surface area contributed by atoms with Gasteiger partial charge in [0, 0.05) is 25.6 Å². The first-order valence-electron chi connectivity index (χ1n) is 7.61. The zero-order chi connectivity index (χ0) is 14.4. The Morgan fingerprint density at radius 3 is 2.30 bits per heavy atom. The van der Waals surface area contributed by atoms with E-state index in [2.05, 4.69) is 10.6 Å². The third-order valence-electron chi connectivity index (χ3n) is 4.09. The molecule has 0 aromatic rings. The molecule has 6 nitrogen and oxygen atoms in total. The molecule has 2 aliphatic rings. The van der Waals surface area contributed by atoms with Gasteiger partial charge >= 0.3 is 0 Å². The van der Waals surface area contributed by atoms with E-state index in [1.807, 2.05) is 0 Å². The van der Waals surface area contributed by atoms with Gasteiger partial charge in [-0.2, -0.15) is 0 Å². The molecule has 1 saturated heterocycles. The van der Waals surface area contributed by atoms with E-state index in [9.17, 15) is 9.59 Å². The van der Waals surface area contributed by atoms with Crippen LogP contribution >= 0.6 is 0 Å². The predicted molar refractivity (Wildman–Crippen MR) is 74.9 cm³/mol. The van der Waals surface area contributed by atoms with E-state index in [4.69, 9.17) is 10.5 Å². The lowest BCUT2D eigenvalue weighted by Crippen LogP contribution is -2.38. The van der Waals surface area contributed by atoms with Crippen molar-refractivity contribution in [3.8, 4) is 0 Å². The van der Waals surface area contributed by atoms with Crippen molar-refractivity contribution < 1.29 is 14.3 Å². The minimum Gasteiger partial charge on any atom is -0.364 e. The summed E-state index contributed by atoms with van der Waals surface area (Å²) in [5.41, 5.74) is 5.51. The van der Waals surface area contributed by atoms with Crippen molar-refractivity contribution in [2.45, 2.75) is 50.7 Å². The molecule has 0 bridgehead atoms. The summed E-state index contributed by atoms with van der Waals surface area (Å²) in [4.78, 5) is 23.4. The summed E-state index contributed by atoms with van der Waals surface area (Å²) < 4.78 is 5.51. The highest BCUT2D eigenvalue weighted by atomic mass is 16.5. The molecule has 0 aromatic heterocycles. The average Bonchev–Trinajstić information content (AvgIpc) is 2.84. The lowest BCUT2D eigenvalue weighted by Gasteiger charge is -2.24. The molecule has 0 radical (unpaired) electrons. The Bertz CT molecular complexity index is 345. The minimum atomic E-state index is -0.354. The molecule has 1 heterocycles. The lowest BCUT2D eigenvalue weighted by molar-refractivity contribution is -0.131. The number of nitrogens with two attached hydrogens (primary N) is 1. The Labute approximate surface area is 119 Å². The van der Waals surface area contributed by atoms with E-state index in [0.717, 1.165) is 32.1 Å². The molecule has 0 aromatic carbocycles. The molecule has 2 atom stereocenters. The van der Waals surface area contributed by atoms with Crippen molar-refractivity contribution in [2.24, 2.45) is 11.7 Å².